The van der Waals surface area contributed by atoms with Gasteiger partial charge in [-0.1, -0.05) is 141 Å². The van der Waals surface area contributed by atoms with Gasteiger partial charge in [0, 0.05) is 85.5 Å². The quantitative estimate of drug-likeness (QED) is 0.0158. The number of hydrogen-bond acceptors (Lipinski definition) is 24. The zero-order chi connectivity index (χ0) is 78.3. The number of aromatic nitrogens is 12. The molecule has 2 atom stereocenters. The van der Waals surface area contributed by atoms with Gasteiger partial charge in [0.2, 0.25) is 47.5 Å². The van der Waals surface area contributed by atoms with E-state index in [1.54, 1.807) is 0 Å². The molecule has 32 nitrogen and oxygen atoms in total. The van der Waals surface area contributed by atoms with Crippen LogP contribution >= 0.6 is 0 Å². The molecule has 1 aliphatic carbocycles. The lowest BCUT2D eigenvalue weighted by Crippen LogP contribution is -2.48. The minimum absolute atomic E-state index is 0.0599. The summed E-state index contributed by atoms with van der Waals surface area (Å²) >= 11 is 0. The summed E-state index contributed by atoms with van der Waals surface area (Å²) < 4.78 is 28.9. The zero-order valence-electron chi connectivity index (χ0n) is 64.2. The van der Waals surface area contributed by atoms with Crippen molar-refractivity contribution in [1.29, 1.82) is 0 Å². The Hall–Kier alpha value is -11.3. The lowest BCUT2D eigenvalue weighted by atomic mass is 9.90. The lowest BCUT2D eigenvalue weighted by molar-refractivity contribution is -0.124. The van der Waals surface area contributed by atoms with Crippen LogP contribution in [-0.4, -0.2) is 123 Å². The molecule has 0 saturated heterocycles. The Balaban J connectivity index is 0.870. The van der Waals surface area contributed by atoms with Gasteiger partial charge < -0.3 is 62.3 Å². The number of fused-ring (bicyclic) bond motifs is 8. The molecule has 2 amide bonds. The van der Waals surface area contributed by atoms with Crippen LogP contribution in [0.25, 0.3) is 0 Å². The summed E-state index contributed by atoms with van der Waals surface area (Å²) in [6.45, 7) is 15.2. The van der Waals surface area contributed by atoms with Crippen LogP contribution < -0.4 is 96.5 Å². The van der Waals surface area contributed by atoms with Crippen LogP contribution in [0.5, 0.6) is 23.0 Å². The number of carbonyl (C=O) groups excluding carboxylic acids is 2. The van der Waals surface area contributed by atoms with Crippen LogP contribution in [0.15, 0.2) is 89.4 Å². The van der Waals surface area contributed by atoms with Crippen molar-refractivity contribution in [3.05, 3.63) is 168 Å². The van der Waals surface area contributed by atoms with Gasteiger partial charge in [-0.3, -0.25) is 29.5 Å². The van der Waals surface area contributed by atoms with E-state index in [2.05, 4.69) is 140 Å². The van der Waals surface area contributed by atoms with E-state index in [-0.39, 0.29) is 23.8 Å². The van der Waals surface area contributed by atoms with E-state index in [1.165, 1.54) is 13.8 Å². The third kappa shape index (κ3) is 24.3. The van der Waals surface area contributed by atoms with Gasteiger partial charge in [0.25, 0.3) is 0 Å². The van der Waals surface area contributed by atoms with Crippen LogP contribution in [0.2, 0.25) is 0 Å². The number of unbranched alkanes of at least 4 members (excludes halogenated alkanes) is 14. The molecule has 592 valence electrons. The van der Waals surface area contributed by atoms with Gasteiger partial charge in [-0.25, -0.2) is 37.9 Å². The number of nitrogen functional groups attached to an aromatic ring is 2. The smallest absolute Gasteiger partial charge is 0.334 e. The van der Waals surface area contributed by atoms with Crippen LogP contribution in [0.1, 0.15) is 227 Å². The van der Waals surface area contributed by atoms with Crippen LogP contribution in [0, 0.1) is 0 Å². The Morgan fingerprint density at radius 1 is 0.391 bits per heavy atom. The number of nitrogens with one attached hydrogen (secondary N) is 10. The first kappa shape index (κ1) is 82.7. The van der Waals surface area contributed by atoms with E-state index in [9.17, 15) is 38.4 Å². The van der Waals surface area contributed by atoms with E-state index >= 15 is 0 Å². The van der Waals surface area contributed by atoms with Crippen molar-refractivity contribution < 1.29 is 28.5 Å². The second-order valence-electron chi connectivity index (χ2n) is 27.7. The van der Waals surface area contributed by atoms with Crippen molar-refractivity contribution >= 4 is 58.9 Å². The molecule has 4 aromatic heterocycles. The summed E-state index contributed by atoms with van der Waals surface area (Å²) in [4.78, 5) is 132. The highest BCUT2D eigenvalue weighted by Gasteiger charge is 2.26. The fourth-order valence-electron chi connectivity index (χ4n) is 13.3. The molecule has 32 heteroatoms. The molecule has 4 heterocycles. The first-order valence-corrected chi connectivity index (χ1v) is 38.9. The van der Waals surface area contributed by atoms with Gasteiger partial charge in [-0.2, -0.15) is 29.9 Å². The molecule has 4 aromatic carbocycles. The average molecular weight is 1520 g/mol. The van der Waals surface area contributed by atoms with Crippen molar-refractivity contribution in [3.63, 3.8) is 0 Å². The van der Waals surface area contributed by atoms with Crippen molar-refractivity contribution in [2.45, 2.75) is 208 Å². The molecular formula is C78H108N20O12. The van der Waals surface area contributed by atoms with E-state index in [1.807, 2.05) is 19.9 Å². The number of anilines is 8. The number of rotatable bonds is 44. The van der Waals surface area contributed by atoms with Crippen molar-refractivity contribution in [1.82, 2.24) is 69.6 Å². The lowest BCUT2D eigenvalue weighted by Gasteiger charge is -2.24. The minimum atomic E-state index is -1.08. The maximum atomic E-state index is 12.6. The Morgan fingerprint density at radius 2 is 0.655 bits per heavy atom. The highest BCUT2D eigenvalue weighted by Crippen LogP contribution is 2.42. The molecule has 9 rings (SSSR count). The molecule has 2 unspecified atom stereocenters. The fourth-order valence-corrected chi connectivity index (χ4v) is 13.3. The van der Waals surface area contributed by atoms with Gasteiger partial charge in [0.1, 0.15) is 35.1 Å². The van der Waals surface area contributed by atoms with Crippen molar-refractivity contribution in [2.24, 2.45) is 0 Å². The number of carbonyl (C=O) groups is 2. The number of ether oxygens (including phenoxy) is 4. The maximum Gasteiger partial charge on any atom is 0.334 e. The monoisotopic (exact) mass is 1520 g/mol. The zero-order valence-corrected chi connectivity index (χ0v) is 64.2. The largest absolute Gasteiger partial charge is 0.493 e. The second-order valence-corrected chi connectivity index (χ2v) is 27.7. The van der Waals surface area contributed by atoms with Gasteiger partial charge in [0.05, 0.1) is 26.4 Å². The fraction of sp³-hybridized carbons (Fsp3) is 0.513. The number of amides is 2. The highest BCUT2D eigenvalue weighted by atomic mass is 16.5. The summed E-state index contributed by atoms with van der Waals surface area (Å²) in [5.41, 5.74) is 16.2. The third-order valence-electron chi connectivity index (χ3n) is 18.6. The van der Waals surface area contributed by atoms with Crippen molar-refractivity contribution in [3.8, 4) is 23.0 Å². The van der Waals surface area contributed by atoms with E-state index in [4.69, 9.17) is 40.4 Å². The van der Waals surface area contributed by atoms with E-state index in [0.717, 1.165) is 207 Å². The molecule has 1 aliphatic rings. The summed E-state index contributed by atoms with van der Waals surface area (Å²) in [6, 6.07) is 18.8. The summed E-state index contributed by atoms with van der Waals surface area (Å²) in [5.74, 6) is 3.50. The number of nitrogens with two attached hydrogens (primary N) is 2. The Kier molecular flexibility index (Phi) is 31.9. The summed E-state index contributed by atoms with van der Waals surface area (Å²) in [5, 5.41) is 19.3. The number of benzene rings is 4. The predicted molar refractivity (Wildman–Crippen MR) is 425 cm³/mol. The van der Waals surface area contributed by atoms with Gasteiger partial charge >= 0.3 is 34.1 Å². The minimum Gasteiger partial charge on any atom is -0.493 e. The highest BCUT2D eigenvalue weighted by molar-refractivity contribution is 5.80. The predicted octanol–water partition coefficient (Wildman–Crippen LogP) is 9.44. The number of para-hydroxylation sites is 2. The average Bonchev–Trinajstić information content (AvgIpc) is 0.777. The van der Waals surface area contributed by atoms with Crippen LogP contribution in [-0.2, 0) is 35.3 Å². The topological polar surface area (TPSA) is 448 Å². The number of hydrogen-bond donors (Lipinski definition) is 12. The molecule has 0 fully saturated rings. The molecule has 8 bridgehead atoms. The van der Waals surface area contributed by atoms with Gasteiger partial charge in [-0.15, -0.1) is 0 Å². The molecule has 110 heavy (non-hydrogen) atoms. The molecule has 0 radical (unpaired) electrons. The molecule has 0 saturated carbocycles. The number of H-pyrrole nitrogens is 4. The van der Waals surface area contributed by atoms with Gasteiger partial charge in [-0.05, 0) is 112 Å². The SMILES string of the molecule is CCCOc1c2cccc1Cc1cc(Nc3nc(N)nc(NCCCCCCCCCCNC(=O)C(C)n4c(=O)[nH]c(=O)[nH]c4=O)n3)cc(c1OCCC)Cc1cccc(c1OCCC)Cc1cc(Nc3nc(N)nc(NCCCCCCCCCCNC(=O)C(C)n4c(=O)[nH]c(=O)[nH]c4=O)n3)cc(c1OCCC)C2. The number of aromatic amines is 4. The molecule has 0 spiro atoms. The van der Waals surface area contributed by atoms with Crippen molar-refractivity contribution in [2.75, 3.05) is 85.3 Å². The number of nitrogens with zero attached hydrogens (tertiary/aromatic N) is 8. The molecule has 8 aromatic rings. The first-order chi connectivity index (χ1) is 53.3. The van der Waals surface area contributed by atoms with E-state index in [0.29, 0.717) is 99.3 Å². The van der Waals surface area contributed by atoms with E-state index < -0.39 is 58.0 Å². The Labute approximate surface area is 638 Å². The second kappa shape index (κ2) is 42.4. The Morgan fingerprint density at radius 3 is 0.945 bits per heavy atom. The maximum absolute atomic E-state index is 12.6. The Bertz CT molecular complexity index is 4290. The normalized spacial score (nSPS) is 12.3. The molecule has 0 aliphatic heterocycles. The van der Waals surface area contributed by atoms with Crippen LogP contribution in [0.3, 0.4) is 0 Å². The van der Waals surface area contributed by atoms with Crippen LogP contribution in [0.4, 0.5) is 47.1 Å². The molecule has 14 N–H and O–H groups in total. The summed E-state index contributed by atoms with van der Waals surface area (Å²) in [6.07, 6.45) is 20.2. The standard InChI is InChI=1S/C78H108N20O12/c1-7-37-107-61-51-29-27-30-52(61)42-56-46-60(86-72-90-68(80)88-70(92-72)84-36-26-22-18-14-12-16-20-24-34-82-66(100)50(6)98-77(105)95-74(102)96-78(98)106)48-58(64(56)110-40-10-4)44-54-32-28-31-53(62(54)108-38-8-2)43-57-47-59(45-55(41-51)63(57)109-39-9-3)85-71-89-67(79)87-69(91-71)83-35-25-21-17-13-11-15-19-23-33-81-65(99)49(5)97-75(103)93-73(101)94-76(97)104/h27-32,45-50H,7-26,33-44H2,1-6H3,(H,81,99)(H,82,100)(H2,93,94,101,103,104)(H2,95,96,102,105,106)(H4,79,83,85,87,89,91)(H4,80,84,86,88,90,92). The molecular weight excluding hydrogens is 1410 g/mol. The van der Waals surface area contributed by atoms with Gasteiger partial charge in [0.15, 0.2) is 0 Å². The first-order valence-electron chi connectivity index (χ1n) is 38.9. The third-order valence-corrected chi connectivity index (χ3v) is 18.6. The summed E-state index contributed by atoms with van der Waals surface area (Å²) in [7, 11) is 0.